The Bertz CT molecular complexity index is 388. The molecule has 0 bridgehead atoms. The number of fused-ring (bicyclic) bond motifs is 1. The fraction of sp³-hybridized carbons (Fsp3) is 0.250. The zero-order chi connectivity index (χ0) is 9.52. The molecule has 1 aliphatic rings. The molecule has 0 N–H and O–H groups in total. The van der Waals surface area contributed by atoms with E-state index in [2.05, 4.69) is 29.3 Å². The standard InChI is InChI=1S/C10H9N.C2H6/c1-2-5-9-6-4-8-11-10(9)7-3-1;1-2/h1,3-8H,2H2;1-2H3. The Kier molecular flexibility index (Phi) is 3.97. The van der Waals surface area contributed by atoms with Crippen molar-refractivity contribution in [2.75, 3.05) is 0 Å². The second kappa shape index (κ2) is 5.31. The Morgan fingerprint density at radius 1 is 1.31 bits per heavy atom. The SMILES string of the molecule is C1=CCC=c2cccnc2=C1.CC. The van der Waals surface area contributed by atoms with Crippen molar-refractivity contribution in [1.29, 1.82) is 0 Å². The summed E-state index contributed by atoms with van der Waals surface area (Å²) in [6, 6.07) is 4.06. The first-order chi connectivity index (χ1) is 6.47. The lowest BCUT2D eigenvalue weighted by Gasteiger charge is -1.84. The lowest BCUT2D eigenvalue weighted by atomic mass is 10.3. The molecule has 68 valence electrons. The zero-order valence-electron chi connectivity index (χ0n) is 8.20. The fourth-order valence-electron chi connectivity index (χ4n) is 1.17. The average Bonchev–Trinajstić information content (AvgIpc) is 2.45. The van der Waals surface area contributed by atoms with Gasteiger partial charge in [0.2, 0.25) is 0 Å². The van der Waals surface area contributed by atoms with Crippen molar-refractivity contribution < 1.29 is 0 Å². The highest BCUT2D eigenvalue weighted by Gasteiger charge is 1.85. The van der Waals surface area contributed by atoms with Crippen molar-refractivity contribution in [1.82, 2.24) is 4.98 Å². The smallest absolute Gasteiger partial charge is 0.0698 e. The first-order valence-electron chi connectivity index (χ1n) is 4.75. The van der Waals surface area contributed by atoms with Crippen LogP contribution in [0.4, 0.5) is 0 Å². The van der Waals surface area contributed by atoms with Crippen LogP contribution in [0.25, 0.3) is 12.2 Å². The van der Waals surface area contributed by atoms with Gasteiger partial charge in [-0.05, 0) is 23.8 Å². The van der Waals surface area contributed by atoms with Crippen LogP contribution in [-0.2, 0) is 0 Å². The number of pyridine rings is 1. The highest BCUT2D eigenvalue weighted by molar-refractivity contribution is 5.41. The van der Waals surface area contributed by atoms with Gasteiger partial charge in [-0.1, -0.05) is 38.1 Å². The van der Waals surface area contributed by atoms with E-state index in [0.29, 0.717) is 0 Å². The second-order valence-electron chi connectivity index (χ2n) is 2.51. The predicted molar refractivity (Wildman–Crippen MR) is 57.5 cm³/mol. The highest BCUT2D eigenvalue weighted by Crippen LogP contribution is 1.86. The van der Waals surface area contributed by atoms with Crippen molar-refractivity contribution >= 4 is 12.2 Å². The summed E-state index contributed by atoms with van der Waals surface area (Å²) in [4.78, 5) is 4.24. The van der Waals surface area contributed by atoms with Crippen LogP contribution in [0.5, 0.6) is 0 Å². The van der Waals surface area contributed by atoms with Gasteiger partial charge in [0.15, 0.2) is 0 Å². The zero-order valence-corrected chi connectivity index (χ0v) is 8.20. The molecule has 1 heterocycles. The molecule has 0 unspecified atom stereocenters. The maximum absolute atomic E-state index is 4.24. The largest absolute Gasteiger partial charge is 0.256 e. The molecule has 0 atom stereocenters. The van der Waals surface area contributed by atoms with Gasteiger partial charge in [0.05, 0.1) is 5.35 Å². The Hall–Kier alpha value is -1.37. The molecule has 1 nitrogen and oxygen atoms in total. The lowest BCUT2D eigenvalue weighted by molar-refractivity contribution is 1.22. The Morgan fingerprint density at radius 2 is 2.15 bits per heavy atom. The molecule has 13 heavy (non-hydrogen) atoms. The quantitative estimate of drug-likeness (QED) is 0.581. The van der Waals surface area contributed by atoms with E-state index < -0.39 is 0 Å². The van der Waals surface area contributed by atoms with E-state index in [1.807, 2.05) is 32.2 Å². The van der Waals surface area contributed by atoms with E-state index in [1.165, 1.54) is 5.22 Å². The molecule has 0 amide bonds. The molecule has 0 spiro atoms. The molecule has 0 aromatic carbocycles. The number of aromatic nitrogens is 1. The second-order valence-corrected chi connectivity index (χ2v) is 2.51. The van der Waals surface area contributed by atoms with Crippen molar-refractivity contribution in [2.24, 2.45) is 0 Å². The van der Waals surface area contributed by atoms with Gasteiger partial charge in [0, 0.05) is 6.20 Å². The minimum absolute atomic E-state index is 1.01. The van der Waals surface area contributed by atoms with Crippen LogP contribution < -0.4 is 10.6 Å². The topological polar surface area (TPSA) is 12.9 Å². The molecule has 0 saturated carbocycles. The lowest BCUT2D eigenvalue weighted by Crippen LogP contribution is -2.26. The van der Waals surface area contributed by atoms with E-state index >= 15 is 0 Å². The van der Waals surface area contributed by atoms with Crippen LogP contribution in [0.15, 0.2) is 30.5 Å². The fourth-order valence-corrected chi connectivity index (χ4v) is 1.17. The summed E-state index contributed by atoms with van der Waals surface area (Å²) >= 11 is 0. The van der Waals surface area contributed by atoms with Crippen LogP contribution in [0.2, 0.25) is 0 Å². The summed E-state index contributed by atoms with van der Waals surface area (Å²) < 4.78 is 0. The first-order valence-corrected chi connectivity index (χ1v) is 4.75. The van der Waals surface area contributed by atoms with Crippen LogP contribution in [-0.4, -0.2) is 4.98 Å². The molecule has 0 fully saturated rings. The van der Waals surface area contributed by atoms with E-state index in [-0.39, 0.29) is 0 Å². The van der Waals surface area contributed by atoms with E-state index in [4.69, 9.17) is 0 Å². The summed E-state index contributed by atoms with van der Waals surface area (Å²) in [6.07, 6.45) is 11.2. The summed E-state index contributed by atoms with van der Waals surface area (Å²) in [6.45, 7) is 4.00. The first kappa shape index (κ1) is 9.72. The molecule has 1 aliphatic carbocycles. The minimum Gasteiger partial charge on any atom is -0.256 e. The van der Waals surface area contributed by atoms with Gasteiger partial charge >= 0.3 is 0 Å². The molecule has 0 aliphatic heterocycles. The Morgan fingerprint density at radius 3 is 3.00 bits per heavy atom. The van der Waals surface area contributed by atoms with Gasteiger partial charge < -0.3 is 0 Å². The molecule has 1 aromatic rings. The number of hydrogen-bond donors (Lipinski definition) is 0. The molecule has 1 heteroatoms. The van der Waals surface area contributed by atoms with Crippen molar-refractivity contribution in [2.45, 2.75) is 20.3 Å². The summed E-state index contributed by atoms with van der Waals surface area (Å²) in [5.74, 6) is 0. The number of rotatable bonds is 0. The van der Waals surface area contributed by atoms with E-state index in [0.717, 1.165) is 11.8 Å². The van der Waals surface area contributed by atoms with Crippen LogP contribution in [0, 0.1) is 0 Å². The summed E-state index contributed by atoms with van der Waals surface area (Å²) in [7, 11) is 0. The van der Waals surface area contributed by atoms with Gasteiger partial charge in [-0.15, -0.1) is 0 Å². The molecule has 2 rings (SSSR count). The maximum Gasteiger partial charge on any atom is 0.0698 e. The van der Waals surface area contributed by atoms with Gasteiger partial charge in [0.25, 0.3) is 0 Å². The van der Waals surface area contributed by atoms with Crippen LogP contribution in [0.3, 0.4) is 0 Å². The van der Waals surface area contributed by atoms with Gasteiger partial charge in [-0.25, -0.2) is 0 Å². The van der Waals surface area contributed by atoms with Gasteiger partial charge in [-0.3, -0.25) is 4.98 Å². The van der Waals surface area contributed by atoms with E-state index in [9.17, 15) is 0 Å². The predicted octanol–water partition coefficient (Wildman–Crippen LogP) is 1.63. The maximum atomic E-state index is 4.24. The number of allylic oxidation sites excluding steroid dienone is 2. The molecular weight excluding hydrogens is 158 g/mol. The van der Waals surface area contributed by atoms with Crippen LogP contribution in [0.1, 0.15) is 20.3 Å². The van der Waals surface area contributed by atoms with E-state index in [1.54, 1.807) is 0 Å². The monoisotopic (exact) mass is 173 g/mol. The van der Waals surface area contributed by atoms with Crippen molar-refractivity contribution in [3.63, 3.8) is 0 Å². The number of hydrogen-bond acceptors (Lipinski definition) is 1. The van der Waals surface area contributed by atoms with Gasteiger partial charge in [-0.2, -0.15) is 0 Å². The van der Waals surface area contributed by atoms with Crippen molar-refractivity contribution in [3.05, 3.63) is 41.0 Å². The normalized spacial score (nSPS) is 12.5. The Balaban J connectivity index is 0.000000396. The third-order valence-electron chi connectivity index (χ3n) is 1.74. The van der Waals surface area contributed by atoms with Crippen LogP contribution >= 0.6 is 0 Å². The summed E-state index contributed by atoms with van der Waals surface area (Å²) in [5.41, 5.74) is 0. The average molecular weight is 173 g/mol. The third kappa shape index (κ3) is 2.55. The van der Waals surface area contributed by atoms with Gasteiger partial charge in [0.1, 0.15) is 0 Å². The van der Waals surface area contributed by atoms with Crippen molar-refractivity contribution in [3.8, 4) is 0 Å². The molecule has 0 radical (unpaired) electrons. The molecular formula is C12H15N. The number of nitrogens with zero attached hydrogens (tertiary/aromatic N) is 1. The third-order valence-corrected chi connectivity index (χ3v) is 1.74. The summed E-state index contributed by atoms with van der Waals surface area (Å²) in [5, 5.41) is 2.30. The molecule has 1 aromatic heterocycles. The highest BCUT2D eigenvalue weighted by atomic mass is 14.6. The Labute approximate surface area is 79.1 Å². The molecule has 0 saturated heterocycles. The minimum atomic E-state index is 1.01.